The summed E-state index contributed by atoms with van der Waals surface area (Å²) in [5.74, 6) is -0.342. The fraction of sp³-hybridized carbons (Fsp3) is 0.238. The molecule has 0 aliphatic carbocycles. The van der Waals surface area contributed by atoms with Crippen molar-refractivity contribution in [2.24, 2.45) is 4.99 Å². The van der Waals surface area contributed by atoms with E-state index in [4.69, 9.17) is 0 Å². The molecular formula is C21H20FN3O2S. The Morgan fingerprint density at radius 3 is 2.50 bits per heavy atom. The molecule has 1 fully saturated rings. The number of halogens is 1. The molecule has 2 aliphatic rings. The minimum Gasteiger partial charge on any atom is -0.507 e. The molecule has 0 spiro atoms. The number of nitrogens with zero attached hydrogens (tertiary/aromatic N) is 3. The summed E-state index contributed by atoms with van der Waals surface area (Å²) in [6, 6.07) is 13.5. The van der Waals surface area contributed by atoms with Crippen molar-refractivity contribution in [1.82, 2.24) is 9.80 Å². The van der Waals surface area contributed by atoms with Crippen molar-refractivity contribution in [2.75, 3.05) is 26.2 Å². The van der Waals surface area contributed by atoms with Gasteiger partial charge in [-0.05, 0) is 41.6 Å². The molecule has 28 heavy (non-hydrogen) atoms. The highest BCUT2D eigenvalue weighted by Crippen LogP contribution is 2.32. The molecule has 0 radical (unpaired) electrons. The van der Waals surface area contributed by atoms with E-state index < -0.39 is 0 Å². The number of carbonyl (C=O) groups is 1. The fourth-order valence-electron chi connectivity index (χ4n) is 3.23. The smallest absolute Gasteiger partial charge is 0.286 e. The molecule has 5 nitrogen and oxygen atoms in total. The summed E-state index contributed by atoms with van der Waals surface area (Å²) >= 11 is 1.35. The maximum absolute atomic E-state index is 13.0. The van der Waals surface area contributed by atoms with Crippen molar-refractivity contribution < 1.29 is 14.3 Å². The Morgan fingerprint density at radius 2 is 1.79 bits per heavy atom. The van der Waals surface area contributed by atoms with Crippen LogP contribution in [-0.4, -0.2) is 52.2 Å². The summed E-state index contributed by atoms with van der Waals surface area (Å²) in [4.78, 5) is 21.4. The molecule has 0 saturated carbocycles. The molecule has 2 aromatic carbocycles. The van der Waals surface area contributed by atoms with E-state index in [2.05, 4.69) is 14.8 Å². The SMILES string of the molecule is O=C1N=C(N2CCN(Cc3ccc(F)cc3)CC2)S/C1=C/c1ccccc1O. The zero-order valence-electron chi connectivity index (χ0n) is 15.2. The van der Waals surface area contributed by atoms with Crippen molar-refractivity contribution in [2.45, 2.75) is 6.54 Å². The maximum Gasteiger partial charge on any atom is 0.286 e. The van der Waals surface area contributed by atoms with Gasteiger partial charge in [-0.2, -0.15) is 4.99 Å². The molecule has 0 aromatic heterocycles. The number of thioether (sulfide) groups is 1. The van der Waals surface area contributed by atoms with Crippen molar-refractivity contribution in [1.29, 1.82) is 0 Å². The summed E-state index contributed by atoms with van der Waals surface area (Å²) in [7, 11) is 0. The van der Waals surface area contributed by atoms with Crippen LogP contribution in [0.4, 0.5) is 4.39 Å². The number of amides is 1. The number of amidine groups is 1. The third-order valence-electron chi connectivity index (χ3n) is 4.79. The Balaban J connectivity index is 1.35. The van der Waals surface area contributed by atoms with Gasteiger partial charge in [0.25, 0.3) is 5.91 Å². The van der Waals surface area contributed by atoms with Gasteiger partial charge in [0.2, 0.25) is 0 Å². The van der Waals surface area contributed by atoms with Crippen LogP contribution in [0.3, 0.4) is 0 Å². The number of hydrogen-bond acceptors (Lipinski definition) is 5. The van der Waals surface area contributed by atoms with E-state index >= 15 is 0 Å². The Labute approximate surface area is 167 Å². The summed E-state index contributed by atoms with van der Waals surface area (Å²) in [6.45, 7) is 4.05. The summed E-state index contributed by atoms with van der Waals surface area (Å²) < 4.78 is 13.0. The first kappa shape index (κ1) is 18.7. The topological polar surface area (TPSA) is 56.1 Å². The Kier molecular flexibility index (Phi) is 5.45. The number of hydrogen-bond donors (Lipinski definition) is 1. The number of aliphatic imine (C=N–C) groups is 1. The number of piperazine rings is 1. The molecule has 2 aromatic rings. The summed E-state index contributed by atoms with van der Waals surface area (Å²) in [6.07, 6.45) is 1.68. The van der Waals surface area contributed by atoms with Crippen LogP contribution in [0.5, 0.6) is 5.75 Å². The average Bonchev–Trinajstić information content (AvgIpc) is 3.06. The predicted octanol–water partition coefficient (Wildman–Crippen LogP) is 3.32. The van der Waals surface area contributed by atoms with Gasteiger partial charge in [0.15, 0.2) is 5.17 Å². The number of phenolic OH excluding ortho intramolecular Hbond substituents is 1. The predicted molar refractivity (Wildman–Crippen MR) is 109 cm³/mol. The molecule has 0 atom stereocenters. The van der Waals surface area contributed by atoms with Crippen molar-refractivity contribution in [3.8, 4) is 5.75 Å². The lowest BCUT2D eigenvalue weighted by atomic mass is 10.2. The summed E-state index contributed by atoms with van der Waals surface area (Å²) in [5.41, 5.74) is 1.70. The van der Waals surface area contributed by atoms with Crippen LogP contribution >= 0.6 is 11.8 Å². The largest absolute Gasteiger partial charge is 0.507 e. The fourth-order valence-corrected chi connectivity index (χ4v) is 4.19. The number of phenols is 1. The lowest BCUT2D eigenvalue weighted by Gasteiger charge is -2.35. The first-order chi connectivity index (χ1) is 13.6. The van der Waals surface area contributed by atoms with E-state index in [-0.39, 0.29) is 17.5 Å². The monoisotopic (exact) mass is 397 g/mol. The van der Waals surface area contributed by atoms with Gasteiger partial charge in [-0.1, -0.05) is 30.3 Å². The number of carbonyl (C=O) groups excluding carboxylic acids is 1. The third kappa shape index (κ3) is 4.26. The van der Waals surface area contributed by atoms with Gasteiger partial charge in [0.05, 0.1) is 4.91 Å². The highest BCUT2D eigenvalue weighted by atomic mass is 32.2. The molecule has 0 unspecified atom stereocenters. The zero-order chi connectivity index (χ0) is 19.5. The quantitative estimate of drug-likeness (QED) is 0.806. The molecular weight excluding hydrogens is 377 g/mol. The highest BCUT2D eigenvalue weighted by molar-refractivity contribution is 8.18. The van der Waals surface area contributed by atoms with E-state index in [9.17, 15) is 14.3 Å². The van der Waals surface area contributed by atoms with Gasteiger partial charge >= 0.3 is 0 Å². The van der Waals surface area contributed by atoms with Crippen LogP contribution in [0.15, 0.2) is 58.4 Å². The van der Waals surface area contributed by atoms with Gasteiger partial charge in [-0.15, -0.1) is 0 Å². The maximum atomic E-state index is 13.0. The second-order valence-electron chi connectivity index (χ2n) is 6.76. The molecule has 1 saturated heterocycles. The summed E-state index contributed by atoms with van der Waals surface area (Å²) in [5, 5.41) is 10.6. The van der Waals surface area contributed by atoms with Gasteiger partial charge in [0.1, 0.15) is 11.6 Å². The molecule has 7 heteroatoms. The van der Waals surface area contributed by atoms with E-state index in [1.165, 1.54) is 23.9 Å². The van der Waals surface area contributed by atoms with Crippen molar-refractivity contribution in [3.63, 3.8) is 0 Å². The molecule has 1 amide bonds. The lowest BCUT2D eigenvalue weighted by Crippen LogP contribution is -2.47. The van der Waals surface area contributed by atoms with Crippen LogP contribution in [0, 0.1) is 5.82 Å². The van der Waals surface area contributed by atoms with Gasteiger partial charge in [-0.25, -0.2) is 4.39 Å². The van der Waals surface area contributed by atoms with Crippen LogP contribution in [0.25, 0.3) is 6.08 Å². The highest BCUT2D eigenvalue weighted by Gasteiger charge is 2.28. The number of benzene rings is 2. The van der Waals surface area contributed by atoms with Gasteiger partial charge in [-0.3, -0.25) is 9.69 Å². The van der Waals surface area contributed by atoms with Crippen LogP contribution in [-0.2, 0) is 11.3 Å². The van der Waals surface area contributed by atoms with Gasteiger partial charge < -0.3 is 10.0 Å². The first-order valence-electron chi connectivity index (χ1n) is 9.11. The van der Waals surface area contributed by atoms with Crippen molar-refractivity contribution >= 4 is 28.9 Å². The molecule has 2 heterocycles. The minimum atomic E-state index is -0.267. The normalized spacial score (nSPS) is 19.3. The van der Waals surface area contributed by atoms with E-state index in [1.807, 2.05) is 18.2 Å². The number of rotatable bonds is 3. The van der Waals surface area contributed by atoms with Crippen LogP contribution < -0.4 is 0 Å². The number of aromatic hydroxyl groups is 1. The zero-order valence-corrected chi connectivity index (χ0v) is 16.0. The van der Waals surface area contributed by atoms with Crippen LogP contribution in [0.2, 0.25) is 0 Å². The molecule has 2 aliphatic heterocycles. The lowest BCUT2D eigenvalue weighted by molar-refractivity contribution is -0.113. The van der Waals surface area contributed by atoms with E-state index in [1.54, 1.807) is 24.3 Å². The minimum absolute atomic E-state index is 0.145. The Bertz CT molecular complexity index is 935. The standard InChI is InChI=1S/C21H20FN3O2S/c22-17-7-5-15(6-8-17)14-24-9-11-25(12-10-24)21-23-20(27)19(28-21)13-16-3-1-2-4-18(16)26/h1-8,13,26H,9-12,14H2/b19-13+. The Hall–Kier alpha value is -2.64. The van der Waals surface area contributed by atoms with E-state index in [0.29, 0.717) is 15.6 Å². The van der Waals surface area contributed by atoms with Gasteiger partial charge in [0, 0.05) is 38.3 Å². The second-order valence-corrected chi connectivity index (χ2v) is 7.77. The Morgan fingerprint density at radius 1 is 1.07 bits per heavy atom. The van der Waals surface area contributed by atoms with E-state index in [0.717, 1.165) is 38.3 Å². The molecule has 0 bridgehead atoms. The third-order valence-corrected chi connectivity index (χ3v) is 5.84. The molecule has 144 valence electrons. The molecule has 1 N–H and O–H groups in total. The average molecular weight is 397 g/mol. The van der Waals surface area contributed by atoms with Crippen LogP contribution in [0.1, 0.15) is 11.1 Å². The van der Waals surface area contributed by atoms with Crippen molar-refractivity contribution in [3.05, 3.63) is 70.4 Å². The number of para-hydroxylation sites is 1. The first-order valence-corrected chi connectivity index (χ1v) is 9.92. The molecule has 4 rings (SSSR count). The second kappa shape index (κ2) is 8.16.